The third-order valence-corrected chi connectivity index (χ3v) is 3.80. The first kappa shape index (κ1) is 19.9. The third-order valence-electron chi connectivity index (χ3n) is 3.80. The quantitative estimate of drug-likeness (QED) is 0.614. The van der Waals surface area contributed by atoms with Crippen molar-refractivity contribution < 1.29 is 23.9 Å². The highest BCUT2D eigenvalue weighted by molar-refractivity contribution is 5.92. The summed E-state index contributed by atoms with van der Waals surface area (Å²) < 4.78 is 10.2. The van der Waals surface area contributed by atoms with E-state index in [4.69, 9.17) is 9.47 Å². The molecule has 2 N–H and O–H groups in total. The molecule has 1 fully saturated rings. The molecule has 0 aliphatic carbocycles. The van der Waals surface area contributed by atoms with Gasteiger partial charge in [0.2, 0.25) is 0 Å². The number of ether oxygens (including phenoxy) is 2. The Kier molecular flexibility index (Phi) is 6.74. The lowest BCUT2D eigenvalue weighted by Gasteiger charge is -2.23. The molecule has 0 radical (unpaired) electrons. The van der Waals surface area contributed by atoms with Gasteiger partial charge in [-0.25, -0.2) is 14.4 Å². The van der Waals surface area contributed by atoms with Gasteiger partial charge in [0.15, 0.2) is 0 Å². The average molecular weight is 362 g/mol. The van der Waals surface area contributed by atoms with E-state index < -0.39 is 35.7 Å². The van der Waals surface area contributed by atoms with E-state index >= 15 is 0 Å². The predicted molar refractivity (Wildman–Crippen MR) is 95.4 cm³/mol. The van der Waals surface area contributed by atoms with Crippen LogP contribution in [0.2, 0.25) is 0 Å². The van der Waals surface area contributed by atoms with Gasteiger partial charge in [-0.1, -0.05) is 30.3 Å². The van der Waals surface area contributed by atoms with Crippen LogP contribution in [-0.4, -0.2) is 42.3 Å². The first-order valence-electron chi connectivity index (χ1n) is 8.77. The molecule has 0 unspecified atom stereocenters. The Morgan fingerprint density at radius 1 is 1.23 bits per heavy atom. The number of amides is 1. The third kappa shape index (κ3) is 6.48. The van der Waals surface area contributed by atoms with Crippen molar-refractivity contribution in [2.75, 3.05) is 6.54 Å². The van der Waals surface area contributed by atoms with Crippen LogP contribution in [0.3, 0.4) is 0 Å². The molecule has 2 rings (SSSR count). The van der Waals surface area contributed by atoms with E-state index in [1.807, 2.05) is 30.3 Å². The lowest BCUT2D eigenvalue weighted by atomic mass is 10.1. The molecule has 1 amide bonds. The average Bonchev–Trinajstić information content (AvgIpc) is 3.08. The van der Waals surface area contributed by atoms with Crippen molar-refractivity contribution >= 4 is 18.0 Å². The van der Waals surface area contributed by atoms with Crippen LogP contribution >= 0.6 is 0 Å². The lowest BCUT2D eigenvalue weighted by molar-refractivity contribution is -0.162. The van der Waals surface area contributed by atoms with Crippen molar-refractivity contribution in [3.05, 3.63) is 35.9 Å². The molecular weight excluding hydrogens is 336 g/mol. The molecule has 1 aromatic rings. The number of esters is 2. The van der Waals surface area contributed by atoms with Crippen molar-refractivity contribution in [1.82, 2.24) is 10.6 Å². The van der Waals surface area contributed by atoms with Gasteiger partial charge in [-0.05, 0) is 45.7 Å². The van der Waals surface area contributed by atoms with Crippen LogP contribution in [-0.2, 0) is 25.5 Å². The van der Waals surface area contributed by atoms with Crippen molar-refractivity contribution in [1.29, 1.82) is 0 Å². The van der Waals surface area contributed by atoms with Crippen LogP contribution in [0.15, 0.2) is 30.3 Å². The highest BCUT2D eigenvalue weighted by Gasteiger charge is 2.31. The van der Waals surface area contributed by atoms with Gasteiger partial charge in [0.05, 0.1) is 0 Å². The zero-order valence-electron chi connectivity index (χ0n) is 15.4. The Morgan fingerprint density at radius 2 is 1.92 bits per heavy atom. The van der Waals surface area contributed by atoms with Gasteiger partial charge in [-0.2, -0.15) is 0 Å². The molecule has 26 heavy (non-hydrogen) atoms. The minimum absolute atomic E-state index is 0.199. The molecule has 1 aliphatic rings. The summed E-state index contributed by atoms with van der Waals surface area (Å²) in [7, 11) is 0. The Balaban J connectivity index is 2.04. The van der Waals surface area contributed by atoms with Gasteiger partial charge in [0.1, 0.15) is 17.7 Å². The predicted octanol–water partition coefficient (Wildman–Crippen LogP) is 1.94. The molecule has 7 nitrogen and oxygen atoms in total. The van der Waals surface area contributed by atoms with Crippen molar-refractivity contribution in [3.63, 3.8) is 0 Å². The summed E-state index contributed by atoms with van der Waals surface area (Å²) in [6.45, 7) is 5.91. The molecule has 2 atom stereocenters. The van der Waals surface area contributed by atoms with E-state index in [1.54, 1.807) is 20.8 Å². The fourth-order valence-corrected chi connectivity index (χ4v) is 2.62. The number of carbonyl (C=O) groups is 3. The molecule has 7 heteroatoms. The second-order valence-electron chi connectivity index (χ2n) is 7.28. The highest BCUT2D eigenvalue weighted by Crippen LogP contribution is 2.11. The maximum Gasteiger partial charge on any atom is 0.408 e. The maximum atomic E-state index is 12.5. The molecule has 0 aromatic heterocycles. The van der Waals surface area contributed by atoms with Crippen LogP contribution in [0.4, 0.5) is 4.79 Å². The second-order valence-corrected chi connectivity index (χ2v) is 7.28. The number of carbonyl (C=O) groups excluding carboxylic acids is 3. The fraction of sp³-hybridized carbons (Fsp3) is 0.526. The number of alkyl carbamates (subject to hydrolysis) is 1. The van der Waals surface area contributed by atoms with Gasteiger partial charge < -0.3 is 20.1 Å². The number of benzene rings is 1. The Labute approximate surface area is 153 Å². The smallest absolute Gasteiger partial charge is 0.408 e. The van der Waals surface area contributed by atoms with Crippen LogP contribution in [0.1, 0.15) is 39.2 Å². The minimum atomic E-state index is -1.02. The normalized spacial score (nSPS) is 18.0. The Hall–Kier alpha value is -2.41. The van der Waals surface area contributed by atoms with Crippen LogP contribution in [0.5, 0.6) is 0 Å². The second kappa shape index (κ2) is 8.80. The summed E-state index contributed by atoms with van der Waals surface area (Å²) in [5.41, 5.74) is 0.131. The van der Waals surface area contributed by atoms with Crippen LogP contribution in [0, 0.1) is 0 Å². The summed E-state index contributed by atoms with van der Waals surface area (Å²) in [5.74, 6) is -1.41. The van der Waals surface area contributed by atoms with Gasteiger partial charge in [0.25, 0.3) is 0 Å². The molecule has 0 spiro atoms. The molecule has 0 saturated carbocycles. The lowest BCUT2D eigenvalue weighted by Crippen LogP contribution is -2.47. The van der Waals surface area contributed by atoms with Crippen LogP contribution < -0.4 is 10.6 Å². The van der Waals surface area contributed by atoms with Gasteiger partial charge in [0, 0.05) is 6.42 Å². The molecular formula is C19H26N2O5. The summed E-state index contributed by atoms with van der Waals surface area (Å²) in [4.78, 5) is 36.6. The Morgan fingerprint density at radius 3 is 2.50 bits per heavy atom. The van der Waals surface area contributed by atoms with Gasteiger partial charge >= 0.3 is 18.0 Å². The number of nitrogens with one attached hydrogen (secondary N) is 2. The Bertz CT molecular complexity index is 633. The van der Waals surface area contributed by atoms with E-state index in [0.29, 0.717) is 6.42 Å². The number of rotatable bonds is 5. The first-order valence-corrected chi connectivity index (χ1v) is 8.77. The van der Waals surface area contributed by atoms with E-state index in [1.165, 1.54) is 0 Å². The van der Waals surface area contributed by atoms with E-state index in [-0.39, 0.29) is 6.42 Å². The van der Waals surface area contributed by atoms with Crippen molar-refractivity contribution in [3.8, 4) is 0 Å². The first-order chi connectivity index (χ1) is 12.2. The zero-order chi connectivity index (χ0) is 19.2. The monoisotopic (exact) mass is 362 g/mol. The van der Waals surface area contributed by atoms with E-state index in [2.05, 4.69) is 10.6 Å². The van der Waals surface area contributed by atoms with E-state index in [9.17, 15) is 14.4 Å². The fourth-order valence-electron chi connectivity index (χ4n) is 2.62. The SMILES string of the molecule is CC(C)(C)OC(=O)N[C@@H](Cc1ccccc1)C(=O)OC(=O)[C@@H]1CCCN1. The number of hydrogen-bond acceptors (Lipinski definition) is 6. The van der Waals surface area contributed by atoms with Crippen LogP contribution in [0.25, 0.3) is 0 Å². The van der Waals surface area contributed by atoms with Gasteiger partial charge in [-0.15, -0.1) is 0 Å². The van der Waals surface area contributed by atoms with Gasteiger partial charge in [-0.3, -0.25) is 0 Å². The zero-order valence-corrected chi connectivity index (χ0v) is 15.4. The van der Waals surface area contributed by atoms with Crippen molar-refractivity contribution in [2.24, 2.45) is 0 Å². The maximum absolute atomic E-state index is 12.5. The molecule has 1 aliphatic heterocycles. The molecule has 0 bridgehead atoms. The summed E-state index contributed by atoms with van der Waals surface area (Å²) >= 11 is 0. The highest BCUT2D eigenvalue weighted by atomic mass is 16.6. The molecule has 1 aromatic carbocycles. The standard InChI is InChI=1S/C19H26N2O5/c1-19(2,3)26-18(24)21-15(12-13-8-5-4-6-9-13)17(23)25-16(22)14-10-7-11-20-14/h4-6,8-9,14-15,20H,7,10-12H2,1-3H3,(H,21,24)/t14-,15-/m0/s1. The topological polar surface area (TPSA) is 93.7 Å². The van der Waals surface area contributed by atoms with E-state index in [0.717, 1.165) is 18.5 Å². The molecule has 1 saturated heterocycles. The number of hydrogen-bond donors (Lipinski definition) is 2. The summed E-state index contributed by atoms with van der Waals surface area (Å²) in [5, 5.41) is 5.49. The molecule has 142 valence electrons. The molecule has 1 heterocycles. The summed E-state index contributed by atoms with van der Waals surface area (Å²) in [6, 6.07) is 7.69. The summed E-state index contributed by atoms with van der Waals surface area (Å²) in [6.07, 6.45) is 0.957. The largest absolute Gasteiger partial charge is 0.444 e. The minimum Gasteiger partial charge on any atom is -0.444 e. The van der Waals surface area contributed by atoms with Crippen molar-refractivity contribution in [2.45, 2.75) is 57.7 Å².